The lowest BCUT2D eigenvalue weighted by Crippen LogP contribution is -2.34. The monoisotopic (exact) mass is 493 g/mol. The average Bonchev–Trinajstić information content (AvgIpc) is 3.54. The predicted molar refractivity (Wildman–Crippen MR) is 137 cm³/mol. The van der Waals surface area contributed by atoms with Crippen LogP contribution in [0.5, 0.6) is 0 Å². The summed E-state index contributed by atoms with van der Waals surface area (Å²) in [6, 6.07) is 6.58. The molecule has 0 spiro atoms. The number of nitrogens with one attached hydrogen (secondary N) is 1. The number of fused-ring (bicyclic) bond motifs is 2. The lowest BCUT2D eigenvalue weighted by Gasteiger charge is -2.19. The second-order valence-corrected chi connectivity index (χ2v) is 9.06. The lowest BCUT2D eigenvalue weighted by atomic mass is 10.1. The normalized spacial score (nSPS) is 13.9. The first-order valence-electron chi connectivity index (χ1n) is 11.9. The molecule has 1 fully saturated rings. The van der Waals surface area contributed by atoms with Crippen molar-refractivity contribution in [2.45, 2.75) is 31.8 Å². The minimum Gasteiger partial charge on any atom is -0.381 e. The second-order valence-electron chi connectivity index (χ2n) is 9.06. The third-order valence-corrected chi connectivity index (χ3v) is 6.40. The van der Waals surface area contributed by atoms with Crippen molar-refractivity contribution in [1.82, 2.24) is 39.0 Å². The number of carbonyl (C=O) groups is 1. The van der Waals surface area contributed by atoms with Crippen LogP contribution in [0.2, 0.25) is 0 Å². The molecule has 5 aromatic rings. The van der Waals surface area contributed by atoms with Gasteiger partial charge in [-0.1, -0.05) is 12.0 Å². The number of nitrogens with zero attached hydrogens (tertiary/aromatic N) is 7. The fourth-order valence-electron chi connectivity index (χ4n) is 4.42. The van der Waals surface area contributed by atoms with Gasteiger partial charge in [0.2, 0.25) is 0 Å². The average molecular weight is 494 g/mol. The Balaban J connectivity index is 1.41. The molecule has 3 N–H and O–H groups in total. The Morgan fingerprint density at radius 1 is 1.24 bits per heavy atom. The highest BCUT2D eigenvalue weighted by molar-refractivity contribution is 6.04. The molecular formula is C26H23N9O2. The standard InChI is InChI=1S/C26H23N9O2/c1-15(30-25(36)21-22(27)32-34-12-4-11-29-24(21)34)23-31-19-6-3-5-16(7-8-18-13-28-14-33(18)2)20(19)26(37)35(23)17-9-10-17/h3-6,11-15,17H,9-10H2,1-2H3,(H2,27,32)(H,30,36). The Hall–Kier alpha value is -4.98. The summed E-state index contributed by atoms with van der Waals surface area (Å²) < 4.78 is 4.96. The van der Waals surface area contributed by atoms with Crippen LogP contribution >= 0.6 is 0 Å². The molecule has 1 unspecified atom stereocenters. The summed E-state index contributed by atoms with van der Waals surface area (Å²) >= 11 is 0. The molecule has 1 saturated carbocycles. The maximum Gasteiger partial charge on any atom is 0.262 e. The van der Waals surface area contributed by atoms with E-state index >= 15 is 0 Å². The molecule has 4 aromatic heterocycles. The highest BCUT2D eigenvalue weighted by Crippen LogP contribution is 2.36. The van der Waals surface area contributed by atoms with Crippen molar-refractivity contribution in [3.63, 3.8) is 0 Å². The molecule has 1 aromatic carbocycles. The van der Waals surface area contributed by atoms with Crippen molar-refractivity contribution in [3.05, 3.63) is 82.2 Å². The van der Waals surface area contributed by atoms with Crippen LogP contribution in [0.1, 0.15) is 59.3 Å². The number of hydrogen-bond acceptors (Lipinski definition) is 7. The van der Waals surface area contributed by atoms with Crippen molar-refractivity contribution < 1.29 is 4.79 Å². The third kappa shape index (κ3) is 3.88. The SMILES string of the molecule is CC(NC(=O)c1c(N)nn2cccnc12)c1nc2cccc(C#Cc3cncn3C)c2c(=O)n1C1CC1. The fraction of sp³-hybridized carbons (Fsp3) is 0.231. The first-order valence-corrected chi connectivity index (χ1v) is 11.9. The van der Waals surface area contributed by atoms with E-state index in [0.717, 1.165) is 18.5 Å². The molecule has 11 nitrogen and oxygen atoms in total. The summed E-state index contributed by atoms with van der Waals surface area (Å²) in [5, 5.41) is 7.56. The maximum absolute atomic E-state index is 13.8. The molecule has 0 aliphatic heterocycles. The van der Waals surface area contributed by atoms with Crippen LogP contribution in [0, 0.1) is 11.8 Å². The Morgan fingerprint density at radius 3 is 2.84 bits per heavy atom. The van der Waals surface area contributed by atoms with Gasteiger partial charge in [0.25, 0.3) is 11.5 Å². The molecule has 1 aliphatic rings. The first kappa shape index (κ1) is 22.5. The zero-order chi connectivity index (χ0) is 25.7. The lowest BCUT2D eigenvalue weighted by molar-refractivity contribution is 0.0939. The molecule has 1 amide bonds. The van der Waals surface area contributed by atoms with Crippen LogP contribution in [0.4, 0.5) is 5.82 Å². The number of imidazole rings is 1. The van der Waals surface area contributed by atoms with E-state index in [2.05, 4.69) is 32.2 Å². The highest BCUT2D eigenvalue weighted by Gasteiger charge is 2.31. The molecule has 4 heterocycles. The zero-order valence-corrected chi connectivity index (χ0v) is 20.2. The smallest absolute Gasteiger partial charge is 0.262 e. The maximum atomic E-state index is 13.8. The number of aromatic nitrogens is 7. The van der Waals surface area contributed by atoms with Crippen LogP contribution in [0.15, 0.2) is 54.0 Å². The molecule has 0 radical (unpaired) electrons. The summed E-state index contributed by atoms with van der Waals surface area (Å²) in [4.78, 5) is 40.2. The Kier molecular flexibility index (Phi) is 5.22. The number of amides is 1. The fourth-order valence-corrected chi connectivity index (χ4v) is 4.42. The molecule has 11 heteroatoms. The number of aryl methyl sites for hydroxylation is 1. The van der Waals surface area contributed by atoms with Crippen molar-refractivity contribution in [2.24, 2.45) is 7.05 Å². The minimum absolute atomic E-state index is 0.0283. The molecular weight excluding hydrogens is 470 g/mol. The summed E-state index contributed by atoms with van der Waals surface area (Å²) in [6.07, 6.45) is 8.33. The summed E-state index contributed by atoms with van der Waals surface area (Å²) in [5.41, 5.74) is 8.24. The van der Waals surface area contributed by atoms with Gasteiger partial charge in [0, 0.05) is 31.0 Å². The third-order valence-electron chi connectivity index (χ3n) is 6.40. The van der Waals surface area contributed by atoms with Crippen LogP contribution in [0.3, 0.4) is 0 Å². The number of nitrogens with two attached hydrogens (primary N) is 1. The quantitative estimate of drug-likeness (QED) is 0.365. The Labute approximate surface area is 211 Å². The van der Waals surface area contributed by atoms with E-state index in [9.17, 15) is 9.59 Å². The predicted octanol–water partition coefficient (Wildman–Crippen LogP) is 1.98. The number of nitrogen functional groups attached to an aromatic ring is 1. The summed E-state index contributed by atoms with van der Waals surface area (Å²) in [5.74, 6) is 6.32. The summed E-state index contributed by atoms with van der Waals surface area (Å²) in [6.45, 7) is 1.80. The molecule has 1 aliphatic carbocycles. The van der Waals surface area contributed by atoms with Crippen LogP contribution in [-0.4, -0.2) is 39.6 Å². The van der Waals surface area contributed by atoms with Gasteiger partial charge in [-0.3, -0.25) is 14.2 Å². The number of rotatable bonds is 4. The molecule has 1 atom stereocenters. The van der Waals surface area contributed by atoms with Gasteiger partial charge in [-0.2, -0.15) is 0 Å². The van der Waals surface area contributed by atoms with E-state index in [1.54, 1.807) is 48.5 Å². The van der Waals surface area contributed by atoms with Crippen LogP contribution < -0.4 is 16.6 Å². The molecule has 184 valence electrons. The highest BCUT2D eigenvalue weighted by atomic mass is 16.2. The van der Waals surface area contributed by atoms with Gasteiger partial charge in [0.1, 0.15) is 17.1 Å². The van der Waals surface area contributed by atoms with Gasteiger partial charge in [-0.15, -0.1) is 5.10 Å². The van der Waals surface area contributed by atoms with E-state index in [-0.39, 0.29) is 23.0 Å². The molecule has 0 saturated heterocycles. The van der Waals surface area contributed by atoms with E-state index in [1.807, 2.05) is 23.7 Å². The van der Waals surface area contributed by atoms with Gasteiger partial charge in [-0.25, -0.2) is 19.5 Å². The van der Waals surface area contributed by atoms with E-state index < -0.39 is 11.9 Å². The van der Waals surface area contributed by atoms with Gasteiger partial charge in [0.05, 0.1) is 29.5 Å². The van der Waals surface area contributed by atoms with Crippen molar-refractivity contribution in [3.8, 4) is 11.8 Å². The second kappa shape index (κ2) is 8.60. The van der Waals surface area contributed by atoms with Crippen molar-refractivity contribution in [1.29, 1.82) is 0 Å². The van der Waals surface area contributed by atoms with Gasteiger partial charge in [-0.05, 0) is 43.9 Å². The van der Waals surface area contributed by atoms with Gasteiger partial charge in [0.15, 0.2) is 11.5 Å². The van der Waals surface area contributed by atoms with Crippen molar-refractivity contribution >= 4 is 28.3 Å². The topological polar surface area (TPSA) is 138 Å². The van der Waals surface area contributed by atoms with E-state index in [4.69, 9.17) is 10.7 Å². The van der Waals surface area contributed by atoms with Crippen molar-refractivity contribution in [2.75, 3.05) is 5.73 Å². The van der Waals surface area contributed by atoms with E-state index in [0.29, 0.717) is 27.9 Å². The number of carbonyl (C=O) groups excluding carboxylic acids is 1. The number of benzene rings is 1. The Bertz CT molecular complexity index is 1810. The molecule has 0 bridgehead atoms. The van der Waals surface area contributed by atoms with Gasteiger partial charge >= 0.3 is 0 Å². The zero-order valence-electron chi connectivity index (χ0n) is 20.2. The Morgan fingerprint density at radius 2 is 2.08 bits per heavy atom. The number of hydrogen-bond donors (Lipinski definition) is 2. The summed E-state index contributed by atoms with van der Waals surface area (Å²) in [7, 11) is 1.86. The molecule has 37 heavy (non-hydrogen) atoms. The first-order chi connectivity index (χ1) is 17.9. The van der Waals surface area contributed by atoms with E-state index in [1.165, 1.54) is 4.52 Å². The largest absolute Gasteiger partial charge is 0.381 e. The van der Waals surface area contributed by atoms with Crippen LogP contribution in [0.25, 0.3) is 16.6 Å². The minimum atomic E-state index is -0.576. The van der Waals surface area contributed by atoms with Gasteiger partial charge < -0.3 is 15.6 Å². The molecule has 6 rings (SSSR count). The van der Waals surface area contributed by atoms with Crippen LogP contribution in [-0.2, 0) is 7.05 Å². The number of anilines is 1.